The smallest absolute Gasteiger partial charge is 0.331 e. The zero-order valence-corrected chi connectivity index (χ0v) is 10.9. The second kappa shape index (κ2) is 4.01. The summed E-state index contributed by atoms with van der Waals surface area (Å²) in [6.07, 6.45) is 1.21. The van der Waals surface area contributed by atoms with E-state index < -0.39 is 15.1 Å². The predicted molar refractivity (Wildman–Crippen MR) is 62.7 cm³/mol. The van der Waals surface area contributed by atoms with E-state index in [0.717, 1.165) is 0 Å². The molecule has 0 spiro atoms. The van der Waals surface area contributed by atoms with Crippen molar-refractivity contribution >= 4 is 43.8 Å². The summed E-state index contributed by atoms with van der Waals surface area (Å²) in [5.74, 6) is 0.455. The molecule has 0 atom stereocenters. The van der Waals surface area contributed by atoms with Crippen LogP contribution in [0.4, 0.5) is 3.89 Å². The Bertz CT molecular complexity index is 583. The summed E-state index contributed by atoms with van der Waals surface area (Å²) >= 11 is 9.01. The Balaban J connectivity index is 2.60. The zero-order valence-electron chi connectivity index (χ0n) is 7.71. The largest absolute Gasteiger partial charge is 0.486 e. The van der Waals surface area contributed by atoms with Gasteiger partial charge in [-0.1, -0.05) is 11.6 Å². The molecule has 0 amide bonds. The second-order valence-corrected chi connectivity index (χ2v) is 5.83. The highest BCUT2D eigenvalue weighted by Gasteiger charge is 2.23. The molecule has 86 valence electrons. The monoisotopic (exact) mass is 326 g/mol. The van der Waals surface area contributed by atoms with Gasteiger partial charge in [-0.3, -0.25) is 0 Å². The average Bonchev–Trinajstić information content (AvgIpc) is 2.15. The maximum Gasteiger partial charge on any atom is 0.331 e. The molecule has 3 nitrogen and oxygen atoms in total. The Morgan fingerprint density at radius 1 is 1.44 bits per heavy atom. The highest BCUT2D eigenvalue weighted by atomic mass is 79.9. The van der Waals surface area contributed by atoms with Crippen molar-refractivity contribution in [2.24, 2.45) is 0 Å². The van der Waals surface area contributed by atoms with Crippen molar-refractivity contribution in [1.82, 2.24) is 0 Å². The molecule has 0 aromatic heterocycles. The first-order chi connectivity index (χ1) is 7.38. The third kappa shape index (κ3) is 2.23. The number of ether oxygens (including phenoxy) is 1. The molecule has 1 aliphatic rings. The van der Waals surface area contributed by atoms with Crippen molar-refractivity contribution in [3.05, 3.63) is 32.1 Å². The van der Waals surface area contributed by atoms with Gasteiger partial charge in [-0.2, -0.15) is 8.42 Å². The Hall–Kier alpha value is -0.590. The molecule has 1 aromatic carbocycles. The SMILES string of the molecule is O=S(=O)(F)C1=Cc2cc(Cl)cc(Br)c2OC1. The Morgan fingerprint density at radius 2 is 2.12 bits per heavy atom. The molecule has 0 radical (unpaired) electrons. The fraction of sp³-hybridized carbons (Fsp3) is 0.111. The first-order valence-electron chi connectivity index (χ1n) is 4.15. The van der Waals surface area contributed by atoms with Gasteiger partial charge in [-0.05, 0) is 34.1 Å². The molecule has 0 N–H and O–H groups in total. The van der Waals surface area contributed by atoms with Gasteiger partial charge in [-0.25, -0.2) is 0 Å². The van der Waals surface area contributed by atoms with E-state index in [0.29, 0.717) is 20.8 Å². The molecule has 1 aliphatic heterocycles. The number of rotatable bonds is 1. The van der Waals surface area contributed by atoms with Crippen molar-refractivity contribution in [3.63, 3.8) is 0 Å². The summed E-state index contributed by atoms with van der Waals surface area (Å²) in [6.45, 7) is -0.313. The minimum absolute atomic E-state index is 0.313. The molecule has 2 rings (SSSR count). The summed E-state index contributed by atoms with van der Waals surface area (Å²) in [5, 5.41) is 0.406. The summed E-state index contributed by atoms with van der Waals surface area (Å²) in [7, 11) is -4.72. The van der Waals surface area contributed by atoms with Crippen LogP contribution in [0.2, 0.25) is 5.02 Å². The van der Waals surface area contributed by atoms with Gasteiger partial charge >= 0.3 is 10.2 Å². The molecule has 16 heavy (non-hydrogen) atoms. The van der Waals surface area contributed by atoms with Crippen molar-refractivity contribution in [3.8, 4) is 5.75 Å². The minimum Gasteiger partial charge on any atom is -0.486 e. The van der Waals surface area contributed by atoms with E-state index in [4.69, 9.17) is 16.3 Å². The molecule has 0 saturated heterocycles. The lowest BCUT2D eigenvalue weighted by atomic mass is 10.1. The van der Waals surface area contributed by atoms with E-state index in [1.54, 1.807) is 6.07 Å². The van der Waals surface area contributed by atoms with E-state index >= 15 is 0 Å². The van der Waals surface area contributed by atoms with Crippen LogP contribution < -0.4 is 4.74 Å². The van der Waals surface area contributed by atoms with Gasteiger partial charge in [-0.15, -0.1) is 3.89 Å². The fourth-order valence-electron chi connectivity index (χ4n) is 1.34. The van der Waals surface area contributed by atoms with E-state index in [-0.39, 0.29) is 6.61 Å². The first-order valence-corrected chi connectivity index (χ1v) is 6.70. The molecular formula is C9H5BrClFO3S. The lowest BCUT2D eigenvalue weighted by molar-refractivity contribution is 0.350. The van der Waals surface area contributed by atoms with Gasteiger partial charge in [0.05, 0.1) is 4.47 Å². The van der Waals surface area contributed by atoms with Gasteiger partial charge in [0.15, 0.2) is 0 Å². The quantitative estimate of drug-likeness (QED) is 0.744. The number of fused-ring (bicyclic) bond motifs is 1. The highest BCUT2D eigenvalue weighted by molar-refractivity contribution is 9.10. The topological polar surface area (TPSA) is 43.4 Å². The molecule has 1 aromatic rings. The maximum atomic E-state index is 12.7. The highest BCUT2D eigenvalue weighted by Crippen LogP contribution is 2.37. The third-order valence-electron chi connectivity index (χ3n) is 2.03. The van der Waals surface area contributed by atoms with Gasteiger partial charge in [0.1, 0.15) is 17.3 Å². The van der Waals surface area contributed by atoms with Crippen molar-refractivity contribution in [2.75, 3.05) is 6.61 Å². The van der Waals surface area contributed by atoms with Crippen LogP contribution in [-0.4, -0.2) is 15.0 Å². The van der Waals surface area contributed by atoms with Gasteiger partial charge in [0.2, 0.25) is 0 Å². The second-order valence-electron chi connectivity index (χ2n) is 3.14. The summed E-state index contributed by atoms with van der Waals surface area (Å²) < 4.78 is 39.9. The first kappa shape index (κ1) is 11.9. The lowest BCUT2D eigenvalue weighted by Gasteiger charge is -2.17. The molecule has 0 saturated carbocycles. The van der Waals surface area contributed by atoms with Crippen LogP contribution in [0.15, 0.2) is 21.5 Å². The van der Waals surface area contributed by atoms with Crippen LogP contribution in [0.3, 0.4) is 0 Å². The lowest BCUT2D eigenvalue weighted by Crippen LogP contribution is -2.12. The predicted octanol–water partition coefficient (Wildman–Crippen LogP) is 3.14. The number of hydrogen-bond acceptors (Lipinski definition) is 3. The van der Waals surface area contributed by atoms with Gasteiger partial charge < -0.3 is 4.74 Å². The van der Waals surface area contributed by atoms with Crippen LogP contribution in [-0.2, 0) is 10.2 Å². The van der Waals surface area contributed by atoms with E-state index in [1.807, 2.05) is 0 Å². The van der Waals surface area contributed by atoms with Crippen molar-refractivity contribution < 1.29 is 17.0 Å². The summed E-state index contributed by atoms with van der Waals surface area (Å²) in [4.78, 5) is -0.408. The third-order valence-corrected chi connectivity index (χ3v) is 3.69. The Kier molecular flexibility index (Phi) is 2.98. The van der Waals surface area contributed by atoms with Crippen LogP contribution in [0.25, 0.3) is 6.08 Å². The van der Waals surface area contributed by atoms with Gasteiger partial charge in [0, 0.05) is 10.6 Å². The fourth-order valence-corrected chi connectivity index (χ4v) is 2.75. The van der Waals surface area contributed by atoms with Crippen LogP contribution in [0.5, 0.6) is 5.75 Å². The minimum atomic E-state index is -4.72. The summed E-state index contributed by atoms with van der Waals surface area (Å²) in [5.41, 5.74) is 0.432. The number of halogens is 3. The van der Waals surface area contributed by atoms with Crippen molar-refractivity contribution in [2.45, 2.75) is 0 Å². The van der Waals surface area contributed by atoms with Crippen LogP contribution >= 0.6 is 27.5 Å². The van der Waals surface area contributed by atoms with Gasteiger partial charge in [0.25, 0.3) is 0 Å². The molecule has 0 fully saturated rings. The molecule has 1 heterocycles. The standard InChI is InChI=1S/C9H5BrClFO3S/c10-8-3-6(11)1-5-2-7(16(12,13)14)4-15-9(5)8/h1-3H,4H2. The summed E-state index contributed by atoms with van der Waals surface area (Å²) in [6, 6.07) is 3.12. The molecular weight excluding hydrogens is 323 g/mol. The van der Waals surface area contributed by atoms with Crippen molar-refractivity contribution in [1.29, 1.82) is 0 Å². The molecule has 0 aliphatic carbocycles. The van der Waals surface area contributed by atoms with Crippen LogP contribution in [0.1, 0.15) is 5.56 Å². The van der Waals surface area contributed by atoms with E-state index in [2.05, 4.69) is 15.9 Å². The average molecular weight is 328 g/mol. The zero-order chi connectivity index (χ0) is 11.9. The van der Waals surface area contributed by atoms with E-state index in [1.165, 1.54) is 12.1 Å². The molecule has 0 unspecified atom stereocenters. The molecule has 0 bridgehead atoms. The Morgan fingerprint density at radius 3 is 2.75 bits per heavy atom. The normalized spacial score (nSPS) is 15.1. The number of hydrogen-bond donors (Lipinski definition) is 0. The molecule has 7 heteroatoms. The van der Waals surface area contributed by atoms with Crippen LogP contribution in [0, 0.1) is 0 Å². The maximum absolute atomic E-state index is 12.7. The van der Waals surface area contributed by atoms with E-state index in [9.17, 15) is 12.3 Å². The number of benzene rings is 1. The Labute approximate surface area is 105 Å².